The molecule has 0 bridgehead atoms. The number of ether oxygens (including phenoxy) is 1. The number of hydrogen-bond acceptors (Lipinski definition) is 6. The average molecular weight is 531 g/mol. The summed E-state index contributed by atoms with van der Waals surface area (Å²) in [5.41, 5.74) is 0.224. The molecule has 1 aromatic carbocycles. The molecule has 0 saturated carbocycles. The van der Waals surface area contributed by atoms with E-state index in [1.807, 2.05) is 0 Å². The number of anilines is 1. The summed E-state index contributed by atoms with van der Waals surface area (Å²) in [5, 5.41) is 12.9. The molecule has 0 fully saturated rings. The van der Waals surface area contributed by atoms with E-state index in [2.05, 4.69) is 17.2 Å². The molecule has 1 heterocycles. The van der Waals surface area contributed by atoms with Gasteiger partial charge in [-0.05, 0) is 18.6 Å². The summed E-state index contributed by atoms with van der Waals surface area (Å²) in [4.78, 5) is 39.6. The zero-order chi connectivity index (χ0) is 26.7. The van der Waals surface area contributed by atoms with Crippen LogP contribution in [0.4, 0.5) is 5.13 Å². The van der Waals surface area contributed by atoms with Gasteiger partial charge in [0, 0.05) is 5.38 Å². The second-order valence-corrected chi connectivity index (χ2v) is 10.3. The number of benzene rings is 1. The number of amides is 1. The van der Waals surface area contributed by atoms with Gasteiger partial charge in [0.2, 0.25) is 5.91 Å². The smallest absolute Gasteiger partial charge is 0.355 e. The first-order valence-electron chi connectivity index (χ1n) is 13.7. The van der Waals surface area contributed by atoms with E-state index in [0.717, 1.165) is 24.2 Å². The fourth-order valence-electron chi connectivity index (χ4n) is 4.14. The Morgan fingerprint density at radius 3 is 2.00 bits per heavy atom. The van der Waals surface area contributed by atoms with E-state index in [1.54, 1.807) is 24.3 Å². The van der Waals surface area contributed by atoms with Crippen LogP contribution < -0.4 is 10.1 Å². The molecule has 8 heteroatoms. The number of carbonyl (C=O) groups is 3. The fourth-order valence-corrected chi connectivity index (χ4v) is 4.84. The zero-order valence-electron chi connectivity index (χ0n) is 22.1. The van der Waals surface area contributed by atoms with Gasteiger partial charge in [-0.15, -0.1) is 11.3 Å². The van der Waals surface area contributed by atoms with E-state index in [9.17, 15) is 14.4 Å². The number of thiazole rings is 1. The van der Waals surface area contributed by atoms with Crippen molar-refractivity contribution >= 4 is 34.1 Å². The molecule has 2 aromatic rings. The van der Waals surface area contributed by atoms with Crippen LogP contribution in [0.2, 0.25) is 0 Å². The monoisotopic (exact) mass is 530 g/mol. The maximum absolute atomic E-state index is 12.7. The van der Waals surface area contributed by atoms with Gasteiger partial charge in [-0.1, -0.05) is 103 Å². The molecule has 0 aliphatic rings. The van der Waals surface area contributed by atoms with Crippen LogP contribution in [-0.2, 0) is 4.79 Å². The number of Topliss-reactive ketones (excluding diaryl/α,β-unsaturated/α-hetero) is 1. The number of rotatable bonds is 21. The van der Waals surface area contributed by atoms with Crippen molar-refractivity contribution in [1.29, 1.82) is 0 Å². The number of carboxylic acid groups (broad SMARTS) is 1. The van der Waals surface area contributed by atoms with Crippen molar-refractivity contribution in [3.63, 3.8) is 0 Å². The number of ketones is 1. The van der Waals surface area contributed by atoms with Gasteiger partial charge in [0.1, 0.15) is 5.75 Å². The first-order chi connectivity index (χ1) is 18.0. The first kappa shape index (κ1) is 30.5. The Bertz CT molecular complexity index is 959. The summed E-state index contributed by atoms with van der Waals surface area (Å²) >= 11 is 1.000. The largest absolute Gasteiger partial charge is 0.493 e. The summed E-state index contributed by atoms with van der Waals surface area (Å²) in [6.45, 7) is 2.79. The molecule has 204 valence electrons. The summed E-state index contributed by atoms with van der Waals surface area (Å²) in [6.07, 6.45) is 17.7. The van der Waals surface area contributed by atoms with E-state index in [0.29, 0.717) is 17.9 Å². The van der Waals surface area contributed by atoms with Crippen molar-refractivity contribution in [3.05, 3.63) is 40.9 Å². The van der Waals surface area contributed by atoms with Crippen molar-refractivity contribution in [2.45, 2.75) is 103 Å². The molecule has 0 aliphatic heterocycles. The number of aromatic nitrogens is 1. The van der Waals surface area contributed by atoms with E-state index in [-0.39, 0.29) is 23.0 Å². The van der Waals surface area contributed by atoms with Crippen LogP contribution in [0.25, 0.3) is 0 Å². The SMILES string of the molecule is CCCCCCCCCCCCCCCCOc1ccccc1C(=O)CC(=O)Nc1nc(C(=O)O)cs1. The van der Waals surface area contributed by atoms with Gasteiger partial charge in [0.25, 0.3) is 0 Å². The van der Waals surface area contributed by atoms with Gasteiger partial charge in [-0.25, -0.2) is 9.78 Å². The third-order valence-corrected chi connectivity index (χ3v) is 6.99. The van der Waals surface area contributed by atoms with Crippen LogP contribution in [0.15, 0.2) is 29.6 Å². The molecule has 2 N–H and O–H groups in total. The van der Waals surface area contributed by atoms with Crippen LogP contribution in [0.1, 0.15) is 124 Å². The van der Waals surface area contributed by atoms with Crippen molar-refractivity contribution in [1.82, 2.24) is 4.98 Å². The second kappa shape index (κ2) is 18.5. The molecule has 1 aromatic heterocycles. The Morgan fingerprint density at radius 2 is 1.43 bits per heavy atom. The molecular weight excluding hydrogens is 488 g/mol. The normalized spacial score (nSPS) is 10.8. The molecule has 0 aliphatic carbocycles. The van der Waals surface area contributed by atoms with Crippen molar-refractivity contribution in [2.75, 3.05) is 11.9 Å². The maximum Gasteiger partial charge on any atom is 0.355 e. The van der Waals surface area contributed by atoms with Crippen molar-refractivity contribution in [2.24, 2.45) is 0 Å². The minimum Gasteiger partial charge on any atom is -0.493 e. The second-order valence-electron chi connectivity index (χ2n) is 9.43. The number of nitrogens with one attached hydrogen (secondary N) is 1. The topological polar surface area (TPSA) is 106 Å². The van der Waals surface area contributed by atoms with E-state index in [4.69, 9.17) is 9.84 Å². The van der Waals surface area contributed by atoms with E-state index >= 15 is 0 Å². The molecule has 0 atom stereocenters. The lowest BCUT2D eigenvalue weighted by Gasteiger charge is -2.11. The molecule has 7 nitrogen and oxygen atoms in total. The van der Waals surface area contributed by atoms with Crippen LogP contribution >= 0.6 is 11.3 Å². The van der Waals surface area contributed by atoms with E-state index in [1.165, 1.54) is 82.4 Å². The minimum atomic E-state index is -1.17. The molecule has 1 amide bonds. The number of para-hydroxylation sites is 1. The molecule has 0 radical (unpaired) electrons. The van der Waals surface area contributed by atoms with E-state index < -0.39 is 11.9 Å². The zero-order valence-corrected chi connectivity index (χ0v) is 23.0. The standard InChI is InChI=1S/C29H42N2O5S/c1-2-3-4-5-6-7-8-9-10-11-12-13-14-17-20-36-26-19-16-15-18-23(26)25(32)21-27(33)31-29-30-24(22-37-29)28(34)35/h15-16,18-19,22H,2-14,17,20-21H2,1H3,(H,34,35)(H,30,31,33). The Kier molecular flexibility index (Phi) is 15.2. The van der Waals surface area contributed by atoms with Crippen LogP contribution in [0, 0.1) is 0 Å². The third kappa shape index (κ3) is 12.9. The number of carbonyl (C=O) groups excluding carboxylic acids is 2. The summed E-state index contributed by atoms with van der Waals surface area (Å²) < 4.78 is 5.87. The molecule has 0 unspecified atom stereocenters. The van der Waals surface area contributed by atoms with Crippen molar-refractivity contribution in [3.8, 4) is 5.75 Å². The van der Waals surface area contributed by atoms with Gasteiger partial charge in [-0.2, -0.15) is 0 Å². The van der Waals surface area contributed by atoms with Gasteiger partial charge < -0.3 is 15.2 Å². The lowest BCUT2D eigenvalue weighted by atomic mass is 10.0. The lowest BCUT2D eigenvalue weighted by molar-refractivity contribution is -0.115. The third-order valence-electron chi connectivity index (χ3n) is 6.23. The first-order valence-corrected chi connectivity index (χ1v) is 14.6. The fraction of sp³-hybridized carbons (Fsp3) is 0.586. The number of unbranched alkanes of at least 4 members (excludes halogenated alkanes) is 13. The predicted octanol–water partition coefficient (Wildman–Crippen LogP) is 7.91. The molecule has 0 saturated heterocycles. The quantitative estimate of drug-likeness (QED) is 0.0965. The van der Waals surface area contributed by atoms with Crippen LogP contribution in [0.3, 0.4) is 0 Å². The number of carboxylic acids is 1. The Balaban J connectivity index is 1.58. The highest BCUT2D eigenvalue weighted by Crippen LogP contribution is 2.21. The van der Waals surface area contributed by atoms with Crippen LogP contribution in [0.5, 0.6) is 5.75 Å². The Labute approximate surface area is 225 Å². The van der Waals surface area contributed by atoms with Gasteiger partial charge in [0.05, 0.1) is 18.6 Å². The highest BCUT2D eigenvalue weighted by atomic mass is 32.1. The molecule has 37 heavy (non-hydrogen) atoms. The number of nitrogens with zero attached hydrogens (tertiary/aromatic N) is 1. The molecule has 2 rings (SSSR count). The number of aromatic carboxylic acids is 1. The summed E-state index contributed by atoms with van der Waals surface area (Å²) in [5.74, 6) is -1.59. The van der Waals surface area contributed by atoms with Gasteiger partial charge in [0.15, 0.2) is 16.6 Å². The Hall–Kier alpha value is -2.74. The Morgan fingerprint density at radius 1 is 0.865 bits per heavy atom. The summed E-state index contributed by atoms with van der Waals surface area (Å²) in [7, 11) is 0. The molecular formula is C29H42N2O5S. The summed E-state index contributed by atoms with van der Waals surface area (Å²) in [6, 6.07) is 6.95. The highest BCUT2D eigenvalue weighted by molar-refractivity contribution is 7.14. The van der Waals surface area contributed by atoms with Gasteiger partial charge >= 0.3 is 5.97 Å². The van der Waals surface area contributed by atoms with Crippen LogP contribution in [-0.4, -0.2) is 34.4 Å². The minimum absolute atomic E-state index is 0.145. The van der Waals surface area contributed by atoms with Crippen molar-refractivity contribution < 1.29 is 24.2 Å². The molecule has 0 spiro atoms. The average Bonchev–Trinajstić information content (AvgIpc) is 3.35. The maximum atomic E-state index is 12.7. The lowest BCUT2D eigenvalue weighted by Crippen LogP contribution is -2.17. The number of hydrogen-bond donors (Lipinski definition) is 2. The van der Waals surface area contributed by atoms with Gasteiger partial charge in [-0.3, -0.25) is 9.59 Å². The predicted molar refractivity (Wildman–Crippen MR) is 149 cm³/mol. The highest BCUT2D eigenvalue weighted by Gasteiger charge is 2.18.